The molecule has 1 heterocycles. The Balaban J connectivity index is 2.33. The summed E-state index contributed by atoms with van der Waals surface area (Å²) in [6.07, 6.45) is 1.12. The fourth-order valence-electron chi connectivity index (χ4n) is 2.71. The van der Waals surface area contributed by atoms with Gasteiger partial charge in [0.1, 0.15) is 5.41 Å². The Bertz CT molecular complexity index is 522. The van der Waals surface area contributed by atoms with Crippen LogP contribution < -0.4 is 10.6 Å². The van der Waals surface area contributed by atoms with Crippen LogP contribution in [0.2, 0.25) is 0 Å². The number of amides is 1. The molecule has 1 aliphatic rings. The van der Waals surface area contributed by atoms with Crippen LogP contribution in [0.1, 0.15) is 25.3 Å². The molecule has 0 radical (unpaired) electrons. The molecule has 1 aromatic carbocycles. The van der Waals surface area contributed by atoms with E-state index in [2.05, 4.69) is 0 Å². The molecule has 1 aromatic rings. The minimum Gasteiger partial charge on any atom is -0.392 e. The summed E-state index contributed by atoms with van der Waals surface area (Å²) in [6, 6.07) is 7.93. The third-order valence-electron chi connectivity index (χ3n) is 4.13. The highest BCUT2D eigenvalue weighted by molar-refractivity contribution is 7.80. The lowest BCUT2D eigenvalue weighted by atomic mass is 9.78. The van der Waals surface area contributed by atoms with Crippen LogP contribution in [0.25, 0.3) is 0 Å². The number of nitrogens with zero attached hydrogens (tertiary/aromatic N) is 1. The quantitative estimate of drug-likeness (QED) is 0.868. The van der Waals surface area contributed by atoms with E-state index in [0.29, 0.717) is 32.6 Å². The van der Waals surface area contributed by atoms with Crippen LogP contribution in [0.15, 0.2) is 24.3 Å². The molecule has 1 fully saturated rings. The third-order valence-corrected chi connectivity index (χ3v) is 4.53. The number of aryl methyl sites for hydroxylation is 1. The summed E-state index contributed by atoms with van der Waals surface area (Å²) >= 11 is 5.22. The van der Waals surface area contributed by atoms with Gasteiger partial charge in [-0.3, -0.25) is 4.79 Å². The molecule has 0 atom stereocenters. The minimum absolute atomic E-state index is 0.00958. The topological polar surface area (TPSA) is 55.6 Å². The Morgan fingerprint density at radius 3 is 2.38 bits per heavy atom. The van der Waals surface area contributed by atoms with Crippen LogP contribution in [0.4, 0.5) is 5.69 Å². The van der Waals surface area contributed by atoms with Crippen molar-refractivity contribution in [1.82, 2.24) is 0 Å². The largest absolute Gasteiger partial charge is 0.392 e. The lowest BCUT2D eigenvalue weighted by molar-refractivity contribution is -0.128. The van der Waals surface area contributed by atoms with Crippen molar-refractivity contribution >= 4 is 28.8 Å². The van der Waals surface area contributed by atoms with E-state index in [1.165, 1.54) is 0 Å². The monoisotopic (exact) mass is 306 g/mol. The fourth-order valence-corrected chi connectivity index (χ4v) is 3.00. The number of carbonyl (C=O) groups excluding carboxylic acids is 1. The highest BCUT2D eigenvalue weighted by Gasteiger charge is 2.45. The predicted octanol–water partition coefficient (Wildman–Crippen LogP) is 2.43. The Labute approximate surface area is 131 Å². The lowest BCUT2D eigenvalue weighted by Gasteiger charge is -2.38. The molecule has 2 N–H and O–H groups in total. The first-order valence-electron chi connectivity index (χ1n) is 7.27. The smallest absolute Gasteiger partial charge is 0.240 e. The molecule has 5 heteroatoms. The number of hydrogen-bond donors (Lipinski definition) is 1. The zero-order valence-corrected chi connectivity index (χ0v) is 13.4. The van der Waals surface area contributed by atoms with Gasteiger partial charge in [0.05, 0.1) is 4.99 Å². The highest BCUT2D eigenvalue weighted by Crippen LogP contribution is 2.34. The summed E-state index contributed by atoms with van der Waals surface area (Å²) < 4.78 is 5.37. The molecule has 0 aliphatic carbocycles. The molecule has 2 rings (SSSR count). The van der Waals surface area contributed by atoms with Crippen LogP contribution >= 0.6 is 12.2 Å². The molecule has 4 nitrogen and oxygen atoms in total. The summed E-state index contributed by atoms with van der Waals surface area (Å²) in [5.74, 6) is -0.00958. The second kappa shape index (κ2) is 6.54. The van der Waals surface area contributed by atoms with Crippen molar-refractivity contribution in [2.45, 2.75) is 26.7 Å². The highest BCUT2D eigenvalue weighted by atomic mass is 32.1. The van der Waals surface area contributed by atoms with Crippen molar-refractivity contribution < 1.29 is 9.53 Å². The van der Waals surface area contributed by atoms with Gasteiger partial charge in [-0.05, 0) is 38.8 Å². The number of hydrogen-bond acceptors (Lipinski definition) is 3. The van der Waals surface area contributed by atoms with Crippen LogP contribution in [0, 0.1) is 12.3 Å². The number of thiocarbonyl (C=S) groups is 1. The van der Waals surface area contributed by atoms with Crippen LogP contribution in [-0.2, 0) is 9.53 Å². The number of carbonyl (C=O) groups is 1. The molecule has 1 aliphatic heterocycles. The van der Waals surface area contributed by atoms with Gasteiger partial charge in [-0.2, -0.15) is 0 Å². The fraction of sp³-hybridized carbons (Fsp3) is 0.500. The second-order valence-electron chi connectivity index (χ2n) is 5.44. The average Bonchev–Trinajstić information content (AvgIpc) is 2.50. The van der Waals surface area contributed by atoms with Gasteiger partial charge in [-0.25, -0.2) is 0 Å². The Hall–Kier alpha value is -1.46. The minimum atomic E-state index is -0.769. The summed E-state index contributed by atoms with van der Waals surface area (Å²) in [5, 5.41) is 0. The third kappa shape index (κ3) is 3.09. The van der Waals surface area contributed by atoms with Gasteiger partial charge in [0.2, 0.25) is 5.91 Å². The number of benzene rings is 1. The average molecular weight is 306 g/mol. The molecule has 0 aromatic heterocycles. The van der Waals surface area contributed by atoms with Gasteiger partial charge < -0.3 is 15.4 Å². The van der Waals surface area contributed by atoms with Gasteiger partial charge in [0, 0.05) is 25.4 Å². The van der Waals surface area contributed by atoms with Gasteiger partial charge in [0.15, 0.2) is 0 Å². The van der Waals surface area contributed by atoms with Crippen molar-refractivity contribution in [2.24, 2.45) is 11.1 Å². The zero-order chi connectivity index (χ0) is 15.5. The zero-order valence-electron chi connectivity index (χ0n) is 12.6. The van der Waals surface area contributed by atoms with Crippen molar-refractivity contribution in [2.75, 3.05) is 24.7 Å². The van der Waals surface area contributed by atoms with Gasteiger partial charge >= 0.3 is 0 Å². The van der Waals surface area contributed by atoms with Crippen molar-refractivity contribution in [1.29, 1.82) is 0 Å². The number of anilines is 1. The van der Waals surface area contributed by atoms with Gasteiger partial charge in [-0.15, -0.1) is 0 Å². The van der Waals surface area contributed by atoms with Crippen molar-refractivity contribution in [3.8, 4) is 0 Å². The molecular weight excluding hydrogens is 284 g/mol. The molecule has 0 spiro atoms. The molecule has 0 bridgehead atoms. The van der Waals surface area contributed by atoms with E-state index in [-0.39, 0.29) is 10.9 Å². The molecular formula is C16H22N2O2S. The predicted molar refractivity (Wildman–Crippen MR) is 88.5 cm³/mol. The van der Waals surface area contributed by atoms with E-state index in [0.717, 1.165) is 11.3 Å². The van der Waals surface area contributed by atoms with E-state index in [1.807, 2.05) is 38.1 Å². The first kappa shape index (κ1) is 15.9. The van der Waals surface area contributed by atoms with Crippen LogP contribution in [0.5, 0.6) is 0 Å². The maximum atomic E-state index is 13.1. The number of ether oxygens (including phenoxy) is 1. The maximum absolute atomic E-state index is 13.1. The van der Waals surface area contributed by atoms with Gasteiger partial charge in [-0.1, -0.05) is 29.9 Å². The van der Waals surface area contributed by atoms with Crippen molar-refractivity contribution in [3.63, 3.8) is 0 Å². The standard InChI is InChI=1S/C16H22N2O2S/c1-3-18(13-6-4-12(2)5-7-13)15(19)16(14(17)21)8-10-20-11-9-16/h4-7H,3,8-11H2,1-2H3,(H2,17,21). The molecule has 0 saturated carbocycles. The van der Waals surface area contributed by atoms with E-state index in [4.69, 9.17) is 22.7 Å². The number of rotatable bonds is 4. The van der Waals surface area contributed by atoms with E-state index in [1.54, 1.807) is 4.90 Å². The normalized spacial score (nSPS) is 17.2. The van der Waals surface area contributed by atoms with E-state index < -0.39 is 5.41 Å². The van der Waals surface area contributed by atoms with E-state index >= 15 is 0 Å². The second-order valence-corrected chi connectivity index (χ2v) is 5.88. The number of nitrogens with two attached hydrogens (primary N) is 1. The van der Waals surface area contributed by atoms with Crippen molar-refractivity contribution in [3.05, 3.63) is 29.8 Å². The van der Waals surface area contributed by atoms with Gasteiger partial charge in [0.25, 0.3) is 0 Å². The summed E-state index contributed by atoms with van der Waals surface area (Å²) in [5.41, 5.74) is 7.21. The van der Waals surface area contributed by atoms with Crippen LogP contribution in [-0.4, -0.2) is 30.7 Å². The summed E-state index contributed by atoms with van der Waals surface area (Å²) in [7, 11) is 0. The summed E-state index contributed by atoms with van der Waals surface area (Å²) in [4.78, 5) is 15.1. The SMILES string of the molecule is CCN(C(=O)C1(C(N)=S)CCOCC1)c1ccc(C)cc1. The maximum Gasteiger partial charge on any atom is 0.240 e. The Kier molecular flexibility index (Phi) is 4.96. The van der Waals surface area contributed by atoms with E-state index in [9.17, 15) is 4.79 Å². The summed E-state index contributed by atoms with van der Waals surface area (Å²) in [6.45, 7) is 5.62. The molecule has 1 amide bonds. The molecule has 1 saturated heterocycles. The lowest BCUT2D eigenvalue weighted by Crippen LogP contribution is -2.53. The Morgan fingerprint density at radius 2 is 1.90 bits per heavy atom. The first-order valence-corrected chi connectivity index (χ1v) is 7.68. The molecule has 0 unspecified atom stereocenters. The molecule has 114 valence electrons. The molecule has 21 heavy (non-hydrogen) atoms. The Morgan fingerprint density at radius 1 is 1.33 bits per heavy atom. The van der Waals surface area contributed by atoms with Crippen LogP contribution in [0.3, 0.4) is 0 Å². The first-order chi connectivity index (χ1) is 10.0.